The molecule has 0 aliphatic carbocycles. The van der Waals surface area contributed by atoms with Gasteiger partial charge in [0.15, 0.2) is 12.4 Å². The van der Waals surface area contributed by atoms with E-state index in [4.69, 9.17) is 4.74 Å². The molecule has 6 nitrogen and oxygen atoms in total. The minimum atomic E-state index is -1.09. The molecule has 0 bridgehead atoms. The summed E-state index contributed by atoms with van der Waals surface area (Å²) in [5.41, 5.74) is 0.652. The summed E-state index contributed by atoms with van der Waals surface area (Å²) in [5, 5.41) is 11.8. The summed E-state index contributed by atoms with van der Waals surface area (Å²) >= 11 is 0. The lowest BCUT2D eigenvalue weighted by Gasteiger charge is -2.16. The van der Waals surface area contributed by atoms with Gasteiger partial charge in [0.25, 0.3) is 0 Å². The molecular formula is C17H21NO5. The number of rotatable bonds is 10. The maximum atomic E-state index is 11.4. The summed E-state index contributed by atoms with van der Waals surface area (Å²) in [5.74, 6) is -1.09. The number of aliphatic carboxylic acids is 1. The van der Waals surface area contributed by atoms with Crippen molar-refractivity contribution >= 4 is 23.9 Å². The summed E-state index contributed by atoms with van der Waals surface area (Å²) < 4.78 is 5.45. The fourth-order valence-electron chi connectivity index (χ4n) is 1.91. The van der Waals surface area contributed by atoms with Crippen LogP contribution >= 0.6 is 0 Å². The number of anilines is 1. The molecule has 1 rings (SSSR count). The lowest BCUT2D eigenvalue weighted by molar-refractivity contribution is -0.145. The van der Waals surface area contributed by atoms with Crippen molar-refractivity contribution in [3.63, 3.8) is 0 Å². The minimum absolute atomic E-state index is 0.177. The number of hydrogen-bond donors (Lipinski definition) is 2. The van der Waals surface area contributed by atoms with Gasteiger partial charge in [-0.25, -0.2) is 4.79 Å². The van der Waals surface area contributed by atoms with Crippen LogP contribution < -0.4 is 10.1 Å². The molecule has 1 amide bonds. The highest BCUT2D eigenvalue weighted by Gasteiger charge is 2.20. The van der Waals surface area contributed by atoms with Gasteiger partial charge < -0.3 is 15.2 Å². The van der Waals surface area contributed by atoms with Crippen molar-refractivity contribution in [2.24, 2.45) is 0 Å². The number of amides is 1. The van der Waals surface area contributed by atoms with Crippen molar-refractivity contribution in [3.05, 3.63) is 36.4 Å². The molecule has 0 aromatic heterocycles. The number of benzene rings is 1. The Bertz CT molecular complexity index is 582. The Kier molecular flexibility index (Phi) is 7.53. The van der Waals surface area contributed by atoms with Crippen molar-refractivity contribution in [3.8, 4) is 5.75 Å². The van der Waals surface area contributed by atoms with Gasteiger partial charge in [-0.05, 0) is 37.5 Å². The predicted octanol–water partition coefficient (Wildman–Crippen LogP) is 3.04. The minimum Gasteiger partial charge on any atom is -0.479 e. The summed E-state index contributed by atoms with van der Waals surface area (Å²) in [6.07, 6.45) is 3.19. The molecule has 1 unspecified atom stereocenters. The quantitative estimate of drug-likeness (QED) is 0.393. The number of ether oxygens (including phenoxy) is 1. The second-order valence-corrected chi connectivity index (χ2v) is 4.94. The van der Waals surface area contributed by atoms with E-state index in [2.05, 4.69) is 11.9 Å². The van der Waals surface area contributed by atoms with Crippen LogP contribution in [0.25, 0.3) is 0 Å². The summed E-state index contributed by atoms with van der Waals surface area (Å²) in [6, 6.07) is 4.51. The molecule has 0 spiro atoms. The van der Waals surface area contributed by atoms with Gasteiger partial charge in [-0.2, -0.15) is 0 Å². The summed E-state index contributed by atoms with van der Waals surface area (Å²) in [4.78, 5) is 33.8. The van der Waals surface area contributed by atoms with Gasteiger partial charge in [-0.3, -0.25) is 9.59 Å². The highest BCUT2D eigenvalue weighted by atomic mass is 16.5. The number of nitrogens with one attached hydrogen (secondary N) is 1. The lowest BCUT2D eigenvalue weighted by Crippen LogP contribution is -2.27. The third-order valence-electron chi connectivity index (χ3n) is 3.16. The van der Waals surface area contributed by atoms with Gasteiger partial charge in [0.05, 0.1) is 5.56 Å². The zero-order valence-corrected chi connectivity index (χ0v) is 13.1. The topological polar surface area (TPSA) is 92.7 Å². The second kappa shape index (κ2) is 9.40. The average molecular weight is 319 g/mol. The number of hydrogen-bond acceptors (Lipinski definition) is 4. The number of carbonyl (C=O) groups is 3. The van der Waals surface area contributed by atoms with Crippen LogP contribution in [0.4, 0.5) is 5.69 Å². The van der Waals surface area contributed by atoms with Gasteiger partial charge in [-0.15, -0.1) is 6.58 Å². The first-order valence-corrected chi connectivity index (χ1v) is 7.41. The number of allylic oxidation sites excluding steroid dienone is 1. The molecule has 1 aromatic carbocycles. The van der Waals surface area contributed by atoms with Crippen LogP contribution in [0.1, 0.15) is 43.0 Å². The molecule has 0 saturated heterocycles. The van der Waals surface area contributed by atoms with E-state index in [1.165, 1.54) is 12.1 Å². The van der Waals surface area contributed by atoms with Crippen molar-refractivity contribution in [1.82, 2.24) is 0 Å². The molecule has 0 radical (unpaired) electrons. The summed E-state index contributed by atoms with van der Waals surface area (Å²) in [7, 11) is 0. The Morgan fingerprint density at radius 3 is 2.74 bits per heavy atom. The first kappa shape index (κ1) is 18.4. The van der Waals surface area contributed by atoms with Crippen LogP contribution in [-0.2, 0) is 9.59 Å². The first-order chi connectivity index (χ1) is 11.0. The van der Waals surface area contributed by atoms with Crippen LogP contribution in [-0.4, -0.2) is 29.4 Å². The molecule has 2 N–H and O–H groups in total. The predicted molar refractivity (Wildman–Crippen MR) is 86.9 cm³/mol. The molecule has 0 heterocycles. The molecular weight excluding hydrogens is 298 g/mol. The molecule has 0 aliphatic heterocycles. The summed E-state index contributed by atoms with van der Waals surface area (Å²) in [6.45, 7) is 5.30. The highest BCUT2D eigenvalue weighted by Crippen LogP contribution is 2.24. The lowest BCUT2D eigenvalue weighted by atomic mass is 10.1. The van der Waals surface area contributed by atoms with E-state index in [1.54, 1.807) is 19.1 Å². The number of carbonyl (C=O) groups excluding carboxylic acids is 2. The van der Waals surface area contributed by atoms with Crippen molar-refractivity contribution < 1.29 is 24.2 Å². The molecule has 1 atom stereocenters. The molecule has 23 heavy (non-hydrogen) atoms. The van der Waals surface area contributed by atoms with Crippen molar-refractivity contribution in [2.75, 3.05) is 5.32 Å². The molecule has 124 valence electrons. The van der Waals surface area contributed by atoms with Crippen LogP contribution in [0.2, 0.25) is 0 Å². The van der Waals surface area contributed by atoms with E-state index in [0.717, 1.165) is 0 Å². The van der Waals surface area contributed by atoms with E-state index in [9.17, 15) is 19.5 Å². The number of carboxylic acids is 1. The van der Waals surface area contributed by atoms with Gasteiger partial charge in [0.2, 0.25) is 5.91 Å². The monoisotopic (exact) mass is 319 g/mol. The van der Waals surface area contributed by atoms with Crippen molar-refractivity contribution in [2.45, 2.75) is 38.7 Å². The first-order valence-electron chi connectivity index (χ1n) is 7.41. The molecule has 0 fully saturated rings. The largest absolute Gasteiger partial charge is 0.479 e. The van der Waals surface area contributed by atoms with E-state index in [1.807, 2.05) is 0 Å². The van der Waals surface area contributed by atoms with Gasteiger partial charge >= 0.3 is 5.97 Å². The Labute approximate surface area is 135 Å². The standard InChI is InChI=1S/C17H21NO5/c1-3-5-6-7-15(17(21)22)23-14-9-8-13(10-12(14)11-19)18-16(20)4-2/h3,8-11,15H,1,4-7H2,2H3,(H,18,20)(H,21,22). The maximum absolute atomic E-state index is 11.4. The fraction of sp³-hybridized carbons (Fsp3) is 0.353. The van der Waals surface area contributed by atoms with Gasteiger partial charge in [0, 0.05) is 12.1 Å². The molecule has 0 aliphatic rings. The smallest absolute Gasteiger partial charge is 0.344 e. The Hall–Kier alpha value is -2.63. The van der Waals surface area contributed by atoms with E-state index in [0.29, 0.717) is 37.7 Å². The second-order valence-electron chi connectivity index (χ2n) is 4.94. The van der Waals surface area contributed by atoms with E-state index >= 15 is 0 Å². The normalized spacial score (nSPS) is 11.3. The number of unbranched alkanes of at least 4 members (excludes halogenated alkanes) is 1. The Morgan fingerprint density at radius 2 is 2.17 bits per heavy atom. The Balaban J connectivity index is 2.88. The molecule has 6 heteroatoms. The SMILES string of the molecule is C=CCCCC(Oc1ccc(NC(=O)CC)cc1C=O)C(=O)O. The average Bonchev–Trinajstić information content (AvgIpc) is 2.54. The number of aldehydes is 1. The Morgan fingerprint density at radius 1 is 1.43 bits per heavy atom. The van der Waals surface area contributed by atoms with Crippen LogP contribution in [0.15, 0.2) is 30.9 Å². The van der Waals surface area contributed by atoms with Crippen LogP contribution in [0.3, 0.4) is 0 Å². The van der Waals surface area contributed by atoms with E-state index in [-0.39, 0.29) is 17.2 Å². The zero-order valence-electron chi connectivity index (χ0n) is 13.1. The fourth-order valence-corrected chi connectivity index (χ4v) is 1.91. The third kappa shape index (κ3) is 5.94. The van der Waals surface area contributed by atoms with Gasteiger partial charge in [-0.1, -0.05) is 13.0 Å². The zero-order chi connectivity index (χ0) is 17.2. The van der Waals surface area contributed by atoms with Gasteiger partial charge in [0.1, 0.15) is 5.75 Å². The van der Waals surface area contributed by atoms with Crippen LogP contribution in [0.5, 0.6) is 5.75 Å². The van der Waals surface area contributed by atoms with E-state index < -0.39 is 12.1 Å². The van der Waals surface area contributed by atoms with Crippen molar-refractivity contribution in [1.29, 1.82) is 0 Å². The molecule has 1 aromatic rings. The third-order valence-corrected chi connectivity index (χ3v) is 3.16. The highest BCUT2D eigenvalue weighted by molar-refractivity contribution is 5.92. The van der Waals surface area contributed by atoms with Crippen LogP contribution in [0, 0.1) is 0 Å². The molecule has 0 saturated carbocycles. The number of carboxylic acid groups (broad SMARTS) is 1. The maximum Gasteiger partial charge on any atom is 0.344 e.